The van der Waals surface area contributed by atoms with Crippen LogP contribution in [-0.4, -0.2) is 5.05 Å². The van der Waals surface area contributed by atoms with E-state index in [1.807, 2.05) is 49.4 Å². The van der Waals surface area contributed by atoms with Gasteiger partial charge in [-0.3, -0.25) is 0 Å². The predicted molar refractivity (Wildman–Crippen MR) is 72.0 cm³/mol. The highest BCUT2D eigenvalue weighted by atomic mass is 32.1. The Kier molecular flexibility index (Phi) is 3.02. The Morgan fingerprint density at radius 2 is 1.81 bits per heavy atom. The fourth-order valence-electron chi connectivity index (χ4n) is 1.47. The van der Waals surface area contributed by atoms with Crippen molar-refractivity contribution in [3.63, 3.8) is 0 Å². The summed E-state index contributed by atoms with van der Waals surface area (Å²) in [7, 11) is 0. The van der Waals surface area contributed by atoms with Crippen LogP contribution in [0.2, 0.25) is 0 Å². The van der Waals surface area contributed by atoms with Crippen molar-refractivity contribution < 1.29 is 4.74 Å². The third-order valence-electron chi connectivity index (χ3n) is 2.30. The second-order valence-electron chi connectivity index (χ2n) is 3.65. The Labute approximate surface area is 100 Å². The zero-order chi connectivity index (χ0) is 11.5. The van der Waals surface area contributed by atoms with Gasteiger partial charge < -0.3 is 4.74 Å². The largest absolute Gasteiger partial charge is 0.445 e. The third-order valence-corrected chi connectivity index (χ3v) is 2.73. The number of thiocarbonyl (C=S) groups is 1. The molecule has 0 aliphatic carbocycles. The van der Waals surface area contributed by atoms with Gasteiger partial charge in [-0.25, -0.2) is 0 Å². The number of fused-ring (bicyclic) bond motifs is 1. The first-order valence-electron chi connectivity index (χ1n) is 5.04. The summed E-state index contributed by atoms with van der Waals surface area (Å²) in [6, 6.07) is 14.0. The fourth-order valence-corrected chi connectivity index (χ4v) is 1.56. The monoisotopic (exact) mass is 228 g/mol. The molecule has 0 bridgehead atoms. The van der Waals surface area contributed by atoms with Gasteiger partial charge in [0.2, 0.25) is 0 Å². The molecule has 0 saturated heterocycles. The van der Waals surface area contributed by atoms with Crippen LogP contribution < -0.4 is 4.74 Å². The minimum absolute atomic E-state index is 0.441. The topological polar surface area (TPSA) is 9.23 Å². The van der Waals surface area contributed by atoms with Gasteiger partial charge in [-0.15, -0.1) is 0 Å². The van der Waals surface area contributed by atoms with E-state index >= 15 is 0 Å². The number of hydrogen-bond acceptors (Lipinski definition) is 2. The Hall–Kier alpha value is -1.67. The lowest BCUT2D eigenvalue weighted by Crippen LogP contribution is -2.05. The van der Waals surface area contributed by atoms with Crippen LogP contribution in [0.1, 0.15) is 6.92 Å². The molecule has 0 aromatic heterocycles. The summed E-state index contributed by atoms with van der Waals surface area (Å²) in [5.74, 6) is 0.783. The van der Waals surface area contributed by atoms with Gasteiger partial charge in [-0.2, -0.15) is 0 Å². The molecule has 0 amide bonds. The molecule has 2 heteroatoms. The van der Waals surface area contributed by atoms with Gasteiger partial charge in [0, 0.05) is 5.39 Å². The molecule has 0 radical (unpaired) electrons. The Balaban J connectivity index is 2.45. The highest BCUT2D eigenvalue weighted by Crippen LogP contribution is 2.25. The lowest BCUT2D eigenvalue weighted by Gasteiger charge is -2.09. The van der Waals surface area contributed by atoms with Crippen molar-refractivity contribution in [3.8, 4) is 5.75 Å². The molecule has 0 aliphatic heterocycles. The summed E-state index contributed by atoms with van der Waals surface area (Å²) >= 11 is 5.10. The van der Waals surface area contributed by atoms with E-state index < -0.39 is 0 Å². The number of benzene rings is 2. The smallest absolute Gasteiger partial charge is 0.193 e. The minimum atomic E-state index is 0.441. The van der Waals surface area contributed by atoms with Crippen molar-refractivity contribution >= 4 is 28.0 Å². The first-order chi connectivity index (χ1) is 7.68. The van der Waals surface area contributed by atoms with Crippen molar-refractivity contribution in [1.82, 2.24) is 0 Å². The summed E-state index contributed by atoms with van der Waals surface area (Å²) < 4.78 is 5.62. The van der Waals surface area contributed by atoms with Crippen LogP contribution in [0.25, 0.3) is 10.8 Å². The SMILES string of the molecule is C=C(C)C(=S)Oc1cccc2ccccc12. The van der Waals surface area contributed by atoms with Crippen molar-refractivity contribution in [2.24, 2.45) is 0 Å². The molecule has 0 fully saturated rings. The van der Waals surface area contributed by atoms with Crippen LogP contribution >= 0.6 is 12.2 Å². The van der Waals surface area contributed by atoms with Gasteiger partial charge in [0.1, 0.15) is 5.75 Å². The van der Waals surface area contributed by atoms with E-state index in [-0.39, 0.29) is 0 Å². The number of hydrogen-bond donors (Lipinski definition) is 0. The van der Waals surface area contributed by atoms with Crippen LogP contribution in [0.4, 0.5) is 0 Å². The molecule has 2 aromatic rings. The normalized spacial score (nSPS) is 10.1. The standard InChI is InChI=1S/C14H12OS/c1-10(2)14(16)15-13-9-5-7-11-6-3-4-8-12(11)13/h3-9H,1H2,2H3. The zero-order valence-electron chi connectivity index (χ0n) is 9.07. The second kappa shape index (κ2) is 4.45. The van der Waals surface area contributed by atoms with E-state index in [0.29, 0.717) is 5.05 Å². The maximum absolute atomic E-state index is 5.62. The van der Waals surface area contributed by atoms with Crippen LogP contribution in [0, 0.1) is 0 Å². The molecule has 0 saturated carbocycles. The van der Waals surface area contributed by atoms with Crippen molar-refractivity contribution in [3.05, 3.63) is 54.6 Å². The van der Waals surface area contributed by atoms with E-state index in [2.05, 4.69) is 6.58 Å². The summed E-state index contributed by atoms with van der Waals surface area (Å²) in [5.41, 5.74) is 0.767. The van der Waals surface area contributed by atoms with Gasteiger partial charge in [-0.1, -0.05) is 43.0 Å². The highest BCUT2D eigenvalue weighted by molar-refractivity contribution is 7.80. The Morgan fingerprint density at radius 1 is 1.12 bits per heavy atom. The van der Waals surface area contributed by atoms with E-state index in [0.717, 1.165) is 22.1 Å². The number of ether oxygens (including phenoxy) is 1. The summed E-state index contributed by atoms with van der Waals surface area (Å²) in [6.45, 7) is 5.61. The average molecular weight is 228 g/mol. The molecule has 0 heterocycles. The molecule has 2 aromatic carbocycles. The van der Waals surface area contributed by atoms with E-state index in [1.165, 1.54) is 0 Å². The summed E-state index contributed by atoms with van der Waals surface area (Å²) in [4.78, 5) is 0. The van der Waals surface area contributed by atoms with E-state index in [9.17, 15) is 0 Å². The molecule has 80 valence electrons. The summed E-state index contributed by atoms with van der Waals surface area (Å²) in [6.07, 6.45) is 0. The Bertz CT molecular complexity index is 552. The molecule has 0 N–H and O–H groups in total. The highest BCUT2D eigenvalue weighted by Gasteiger charge is 2.04. The molecular formula is C14H12OS. The molecule has 1 nitrogen and oxygen atoms in total. The molecule has 0 spiro atoms. The van der Waals surface area contributed by atoms with Gasteiger partial charge >= 0.3 is 0 Å². The first kappa shape index (κ1) is 10.8. The second-order valence-corrected chi connectivity index (χ2v) is 4.02. The van der Waals surface area contributed by atoms with Crippen molar-refractivity contribution in [2.45, 2.75) is 6.92 Å². The first-order valence-corrected chi connectivity index (χ1v) is 5.45. The summed E-state index contributed by atoms with van der Waals surface area (Å²) in [5, 5.41) is 2.65. The van der Waals surface area contributed by atoms with E-state index in [1.54, 1.807) is 0 Å². The van der Waals surface area contributed by atoms with Gasteiger partial charge in [-0.05, 0) is 36.2 Å². The third kappa shape index (κ3) is 2.12. The lowest BCUT2D eigenvalue weighted by molar-refractivity contribution is 0.572. The quantitative estimate of drug-likeness (QED) is 0.565. The molecule has 0 atom stereocenters. The molecule has 16 heavy (non-hydrogen) atoms. The minimum Gasteiger partial charge on any atom is -0.445 e. The van der Waals surface area contributed by atoms with Crippen LogP contribution in [0.15, 0.2) is 54.6 Å². The average Bonchev–Trinajstić information content (AvgIpc) is 2.29. The maximum atomic E-state index is 5.62. The predicted octanol–water partition coefficient (Wildman–Crippen LogP) is 4.12. The molecular weight excluding hydrogens is 216 g/mol. The lowest BCUT2D eigenvalue weighted by atomic mass is 10.1. The Morgan fingerprint density at radius 3 is 2.56 bits per heavy atom. The van der Waals surface area contributed by atoms with Crippen LogP contribution in [-0.2, 0) is 0 Å². The fraction of sp³-hybridized carbons (Fsp3) is 0.0714. The van der Waals surface area contributed by atoms with Crippen molar-refractivity contribution in [2.75, 3.05) is 0 Å². The molecule has 0 aliphatic rings. The van der Waals surface area contributed by atoms with E-state index in [4.69, 9.17) is 17.0 Å². The van der Waals surface area contributed by atoms with Crippen LogP contribution in [0.5, 0.6) is 5.75 Å². The van der Waals surface area contributed by atoms with Crippen molar-refractivity contribution in [1.29, 1.82) is 0 Å². The van der Waals surface area contributed by atoms with Gasteiger partial charge in [0.25, 0.3) is 0 Å². The zero-order valence-corrected chi connectivity index (χ0v) is 9.88. The van der Waals surface area contributed by atoms with Gasteiger partial charge in [0.05, 0.1) is 0 Å². The van der Waals surface area contributed by atoms with Crippen LogP contribution in [0.3, 0.4) is 0 Å². The molecule has 2 rings (SSSR count). The molecule has 0 unspecified atom stereocenters. The number of rotatable bonds is 2. The maximum Gasteiger partial charge on any atom is 0.193 e. The van der Waals surface area contributed by atoms with Gasteiger partial charge in [0.15, 0.2) is 5.05 Å².